The van der Waals surface area contributed by atoms with Gasteiger partial charge in [-0.05, 0) is 48.9 Å². The molecule has 4 heteroatoms. The predicted molar refractivity (Wildman–Crippen MR) is 75.3 cm³/mol. The number of nitrogens with two attached hydrogens (primary N) is 1. The van der Waals surface area contributed by atoms with Crippen LogP contribution in [-0.2, 0) is 7.05 Å². The van der Waals surface area contributed by atoms with E-state index in [1.165, 1.54) is 12.1 Å². The first-order chi connectivity index (χ1) is 9.06. The van der Waals surface area contributed by atoms with Gasteiger partial charge in [0, 0.05) is 18.3 Å². The van der Waals surface area contributed by atoms with Crippen molar-refractivity contribution in [3.05, 3.63) is 47.8 Å². The molecule has 0 aliphatic heterocycles. The fraction of sp³-hybridized carbons (Fsp3) is 0.133. The summed E-state index contributed by atoms with van der Waals surface area (Å²) in [6.45, 7) is 1.99. The molecule has 0 amide bonds. The Kier molecular flexibility index (Phi) is 2.52. The van der Waals surface area contributed by atoms with Crippen molar-refractivity contribution in [2.45, 2.75) is 6.92 Å². The van der Waals surface area contributed by atoms with Crippen LogP contribution < -0.4 is 5.73 Å². The molecule has 0 aliphatic carbocycles. The van der Waals surface area contributed by atoms with Gasteiger partial charge in [0.25, 0.3) is 0 Å². The molecule has 96 valence electrons. The quantitative estimate of drug-likeness (QED) is 0.678. The monoisotopic (exact) mass is 255 g/mol. The van der Waals surface area contributed by atoms with E-state index in [2.05, 4.69) is 4.98 Å². The molecule has 0 bridgehead atoms. The number of anilines is 1. The summed E-state index contributed by atoms with van der Waals surface area (Å²) in [6, 6.07) is 10.3. The SMILES string of the molecule is Cc1cc(N)ccc1-c1nc2ccc(F)cc2n1C. The van der Waals surface area contributed by atoms with Crippen molar-refractivity contribution in [1.82, 2.24) is 9.55 Å². The minimum atomic E-state index is -0.254. The molecule has 19 heavy (non-hydrogen) atoms. The van der Waals surface area contributed by atoms with E-state index in [4.69, 9.17) is 5.73 Å². The molecule has 3 rings (SSSR count). The number of imidazole rings is 1. The van der Waals surface area contributed by atoms with Crippen LogP contribution >= 0.6 is 0 Å². The number of halogens is 1. The van der Waals surface area contributed by atoms with Gasteiger partial charge in [-0.3, -0.25) is 0 Å². The van der Waals surface area contributed by atoms with Gasteiger partial charge in [0.05, 0.1) is 11.0 Å². The van der Waals surface area contributed by atoms with E-state index in [9.17, 15) is 4.39 Å². The number of nitrogens with zero attached hydrogens (tertiary/aromatic N) is 2. The van der Waals surface area contributed by atoms with E-state index in [-0.39, 0.29) is 5.82 Å². The molecule has 2 aromatic carbocycles. The highest BCUT2D eigenvalue weighted by Gasteiger charge is 2.12. The van der Waals surface area contributed by atoms with Crippen LogP contribution in [0.1, 0.15) is 5.56 Å². The lowest BCUT2D eigenvalue weighted by Crippen LogP contribution is -1.95. The zero-order valence-electron chi connectivity index (χ0n) is 10.8. The average molecular weight is 255 g/mol. The molecular weight excluding hydrogens is 241 g/mol. The fourth-order valence-corrected chi connectivity index (χ4v) is 2.34. The summed E-state index contributed by atoms with van der Waals surface area (Å²) in [5, 5.41) is 0. The number of rotatable bonds is 1. The molecule has 0 saturated heterocycles. The second-order valence-corrected chi connectivity index (χ2v) is 4.70. The van der Waals surface area contributed by atoms with E-state index in [1.807, 2.05) is 36.7 Å². The topological polar surface area (TPSA) is 43.8 Å². The summed E-state index contributed by atoms with van der Waals surface area (Å²) in [5.41, 5.74) is 10.1. The van der Waals surface area contributed by atoms with Crippen LogP contribution in [0.25, 0.3) is 22.4 Å². The van der Waals surface area contributed by atoms with Gasteiger partial charge in [0.15, 0.2) is 0 Å². The Balaban J connectivity index is 2.28. The van der Waals surface area contributed by atoms with Crippen molar-refractivity contribution >= 4 is 16.7 Å². The van der Waals surface area contributed by atoms with Gasteiger partial charge < -0.3 is 10.3 Å². The van der Waals surface area contributed by atoms with Gasteiger partial charge in [-0.15, -0.1) is 0 Å². The van der Waals surface area contributed by atoms with E-state index >= 15 is 0 Å². The smallest absolute Gasteiger partial charge is 0.141 e. The van der Waals surface area contributed by atoms with Crippen LogP contribution in [0.3, 0.4) is 0 Å². The number of fused-ring (bicyclic) bond motifs is 1. The Hall–Kier alpha value is -2.36. The maximum absolute atomic E-state index is 13.3. The summed E-state index contributed by atoms with van der Waals surface area (Å²) in [5.74, 6) is 0.564. The molecule has 0 unspecified atom stereocenters. The van der Waals surface area contributed by atoms with Gasteiger partial charge in [-0.1, -0.05) is 0 Å². The minimum Gasteiger partial charge on any atom is -0.399 e. The van der Waals surface area contributed by atoms with Gasteiger partial charge in [0.1, 0.15) is 11.6 Å². The highest BCUT2D eigenvalue weighted by molar-refractivity contribution is 5.81. The summed E-state index contributed by atoms with van der Waals surface area (Å²) < 4.78 is 15.2. The number of hydrogen-bond donors (Lipinski definition) is 1. The molecule has 3 nitrogen and oxygen atoms in total. The lowest BCUT2D eigenvalue weighted by Gasteiger charge is -2.07. The Bertz CT molecular complexity index is 774. The van der Waals surface area contributed by atoms with E-state index in [0.29, 0.717) is 0 Å². The normalized spacial score (nSPS) is 11.1. The Labute approximate surface area is 110 Å². The zero-order valence-corrected chi connectivity index (χ0v) is 10.8. The molecule has 0 radical (unpaired) electrons. The third kappa shape index (κ3) is 1.85. The highest BCUT2D eigenvalue weighted by Crippen LogP contribution is 2.27. The van der Waals surface area contributed by atoms with Crippen LogP contribution in [0, 0.1) is 12.7 Å². The fourth-order valence-electron chi connectivity index (χ4n) is 2.34. The molecule has 1 heterocycles. The van der Waals surface area contributed by atoms with E-state index in [1.54, 1.807) is 6.07 Å². The van der Waals surface area contributed by atoms with E-state index < -0.39 is 0 Å². The van der Waals surface area contributed by atoms with Crippen LogP contribution in [0.5, 0.6) is 0 Å². The van der Waals surface area contributed by atoms with Crippen LogP contribution in [0.2, 0.25) is 0 Å². The van der Waals surface area contributed by atoms with Gasteiger partial charge in [0.2, 0.25) is 0 Å². The number of hydrogen-bond acceptors (Lipinski definition) is 2. The molecular formula is C15H14FN3. The van der Waals surface area contributed by atoms with Crippen molar-refractivity contribution in [3.8, 4) is 11.4 Å². The van der Waals surface area contributed by atoms with Crippen molar-refractivity contribution in [2.75, 3.05) is 5.73 Å². The number of aryl methyl sites for hydroxylation is 2. The first-order valence-electron chi connectivity index (χ1n) is 6.05. The lowest BCUT2D eigenvalue weighted by atomic mass is 10.1. The molecule has 0 aliphatic rings. The second kappa shape index (κ2) is 4.09. The Morgan fingerprint density at radius 1 is 1.16 bits per heavy atom. The van der Waals surface area contributed by atoms with Crippen molar-refractivity contribution in [1.29, 1.82) is 0 Å². The zero-order chi connectivity index (χ0) is 13.6. The molecule has 3 aromatic rings. The van der Waals surface area contributed by atoms with Crippen LogP contribution in [0.15, 0.2) is 36.4 Å². The molecule has 0 atom stereocenters. The summed E-state index contributed by atoms with van der Waals surface area (Å²) >= 11 is 0. The Morgan fingerprint density at radius 3 is 2.68 bits per heavy atom. The third-order valence-corrected chi connectivity index (χ3v) is 3.33. The van der Waals surface area contributed by atoms with Crippen molar-refractivity contribution in [2.24, 2.45) is 7.05 Å². The van der Waals surface area contributed by atoms with Gasteiger partial charge in [-0.2, -0.15) is 0 Å². The molecule has 0 fully saturated rings. The maximum Gasteiger partial charge on any atom is 0.141 e. The molecule has 0 spiro atoms. The van der Waals surface area contributed by atoms with Crippen LogP contribution in [-0.4, -0.2) is 9.55 Å². The highest BCUT2D eigenvalue weighted by atomic mass is 19.1. The predicted octanol–water partition coefficient (Wildman–Crippen LogP) is 3.27. The van der Waals surface area contributed by atoms with Gasteiger partial charge >= 0.3 is 0 Å². The standard InChI is InChI=1S/C15H14FN3/c1-9-7-11(17)4-5-12(9)15-18-13-6-3-10(16)8-14(13)19(15)2/h3-8H,17H2,1-2H3. The molecule has 1 aromatic heterocycles. The van der Waals surface area contributed by atoms with Gasteiger partial charge in [-0.25, -0.2) is 9.37 Å². The maximum atomic E-state index is 13.3. The number of benzene rings is 2. The second-order valence-electron chi connectivity index (χ2n) is 4.70. The first-order valence-corrected chi connectivity index (χ1v) is 6.05. The van der Waals surface area contributed by atoms with Crippen molar-refractivity contribution in [3.63, 3.8) is 0 Å². The lowest BCUT2D eigenvalue weighted by molar-refractivity contribution is 0.629. The summed E-state index contributed by atoms with van der Waals surface area (Å²) in [7, 11) is 1.89. The number of nitrogen functional groups attached to an aromatic ring is 1. The molecule has 0 saturated carbocycles. The van der Waals surface area contributed by atoms with Crippen molar-refractivity contribution < 1.29 is 4.39 Å². The average Bonchev–Trinajstić information content (AvgIpc) is 2.67. The Morgan fingerprint density at radius 2 is 1.95 bits per heavy atom. The largest absolute Gasteiger partial charge is 0.399 e. The molecule has 2 N–H and O–H groups in total. The van der Waals surface area contributed by atoms with E-state index in [0.717, 1.165) is 33.7 Å². The number of aromatic nitrogens is 2. The van der Waals surface area contributed by atoms with Crippen LogP contribution in [0.4, 0.5) is 10.1 Å². The summed E-state index contributed by atoms with van der Waals surface area (Å²) in [6.07, 6.45) is 0. The third-order valence-electron chi connectivity index (χ3n) is 3.33. The summed E-state index contributed by atoms with van der Waals surface area (Å²) in [4.78, 5) is 4.57. The first kappa shape index (κ1) is 11.7. The minimum absolute atomic E-state index is 0.254.